The zero-order valence-electron chi connectivity index (χ0n) is 10.5. The van der Waals surface area contributed by atoms with Gasteiger partial charge in [-0.05, 0) is 48.9 Å². The number of nitrogens with one attached hydrogen (secondary N) is 1. The van der Waals surface area contributed by atoms with Gasteiger partial charge in [0.1, 0.15) is 0 Å². The van der Waals surface area contributed by atoms with Crippen molar-refractivity contribution in [3.8, 4) is 0 Å². The lowest BCUT2D eigenvalue weighted by Crippen LogP contribution is -2.56. The van der Waals surface area contributed by atoms with E-state index in [4.69, 9.17) is 5.73 Å². The number of halogens is 1. The fraction of sp³-hybridized carbons (Fsp3) is 0.571. The Kier molecular flexibility index (Phi) is 3.79. The highest BCUT2D eigenvalue weighted by molar-refractivity contribution is 9.10. The summed E-state index contributed by atoms with van der Waals surface area (Å²) in [5.74, 6) is 1.59. The molecule has 1 aliphatic carbocycles. The van der Waals surface area contributed by atoms with Gasteiger partial charge in [-0.15, -0.1) is 0 Å². The molecule has 3 N–H and O–H groups in total. The van der Waals surface area contributed by atoms with Crippen LogP contribution in [0.2, 0.25) is 0 Å². The second-order valence-electron chi connectivity index (χ2n) is 5.53. The van der Waals surface area contributed by atoms with Crippen molar-refractivity contribution in [3.63, 3.8) is 0 Å². The van der Waals surface area contributed by atoms with Gasteiger partial charge in [0.15, 0.2) is 0 Å². The van der Waals surface area contributed by atoms with Crippen molar-refractivity contribution >= 4 is 21.6 Å². The van der Waals surface area contributed by atoms with E-state index in [2.05, 4.69) is 59.4 Å². The molecular weight excluding hydrogens is 276 g/mol. The van der Waals surface area contributed by atoms with Crippen LogP contribution in [0.15, 0.2) is 28.7 Å². The van der Waals surface area contributed by atoms with Crippen LogP contribution in [-0.2, 0) is 0 Å². The van der Waals surface area contributed by atoms with Crippen molar-refractivity contribution in [2.24, 2.45) is 17.6 Å². The van der Waals surface area contributed by atoms with Crippen LogP contribution in [-0.4, -0.2) is 12.1 Å². The quantitative estimate of drug-likeness (QED) is 0.890. The fourth-order valence-corrected chi connectivity index (χ4v) is 2.84. The molecule has 1 fully saturated rings. The van der Waals surface area contributed by atoms with Gasteiger partial charge in [0, 0.05) is 16.7 Å². The first-order valence-corrected chi connectivity index (χ1v) is 7.08. The first-order valence-electron chi connectivity index (χ1n) is 6.28. The van der Waals surface area contributed by atoms with Crippen molar-refractivity contribution in [2.75, 3.05) is 11.9 Å². The van der Waals surface area contributed by atoms with Crippen molar-refractivity contribution < 1.29 is 0 Å². The summed E-state index contributed by atoms with van der Waals surface area (Å²) in [4.78, 5) is 0. The zero-order chi connectivity index (χ0) is 12.5. The van der Waals surface area contributed by atoms with Crippen LogP contribution in [0, 0.1) is 11.8 Å². The van der Waals surface area contributed by atoms with Crippen molar-refractivity contribution in [3.05, 3.63) is 28.7 Å². The van der Waals surface area contributed by atoms with Crippen LogP contribution in [0.4, 0.5) is 5.69 Å². The molecule has 0 atom stereocenters. The molecule has 0 spiro atoms. The molecule has 1 aromatic carbocycles. The summed E-state index contributed by atoms with van der Waals surface area (Å²) in [5, 5.41) is 3.61. The largest absolute Gasteiger partial charge is 0.378 e. The van der Waals surface area contributed by atoms with E-state index in [1.54, 1.807) is 0 Å². The van der Waals surface area contributed by atoms with Gasteiger partial charge in [-0.2, -0.15) is 0 Å². The van der Waals surface area contributed by atoms with E-state index in [1.165, 1.54) is 18.5 Å². The first kappa shape index (κ1) is 12.9. The molecule has 0 unspecified atom stereocenters. The predicted molar refractivity (Wildman–Crippen MR) is 77.1 cm³/mol. The Bertz CT molecular complexity index is 366. The van der Waals surface area contributed by atoms with Gasteiger partial charge >= 0.3 is 0 Å². The lowest BCUT2D eigenvalue weighted by molar-refractivity contribution is 0.130. The predicted octanol–water partition coefficient (Wildman–Crippen LogP) is 3.62. The SMILES string of the molecule is CC(C)C1CC(CN)(Nc2ccc(Br)cc2)C1. The molecule has 0 radical (unpaired) electrons. The Morgan fingerprint density at radius 2 is 1.94 bits per heavy atom. The lowest BCUT2D eigenvalue weighted by atomic mass is 9.64. The molecule has 0 aromatic heterocycles. The molecular formula is C14H21BrN2. The minimum absolute atomic E-state index is 0.128. The van der Waals surface area contributed by atoms with E-state index in [0.29, 0.717) is 6.54 Å². The monoisotopic (exact) mass is 296 g/mol. The Labute approximate surface area is 112 Å². The second kappa shape index (κ2) is 4.99. The summed E-state index contributed by atoms with van der Waals surface area (Å²) in [6.45, 7) is 5.31. The van der Waals surface area contributed by atoms with Crippen molar-refractivity contribution in [2.45, 2.75) is 32.2 Å². The van der Waals surface area contributed by atoms with E-state index in [0.717, 1.165) is 16.3 Å². The average molecular weight is 297 g/mol. The Balaban J connectivity index is 2.00. The summed E-state index contributed by atoms with van der Waals surface area (Å²) >= 11 is 3.45. The third-order valence-corrected chi connectivity index (χ3v) is 4.42. The van der Waals surface area contributed by atoms with Gasteiger partial charge in [0.25, 0.3) is 0 Å². The van der Waals surface area contributed by atoms with Gasteiger partial charge in [0.05, 0.1) is 5.54 Å². The van der Waals surface area contributed by atoms with Crippen LogP contribution in [0.5, 0.6) is 0 Å². The summed E-state index contributed by atoms with van der Waals surface area (Å²) in [6, 6.07) is 8.32. The Hall–Kier alpha value is -0.540. The third-order valence-electron chi connectivity index (χ3n) is 3.89. The van der Waals surface area contributed by atoms with E-state index < -0.39 is 0 Å². The van der Waals surface area contributed by atoms with Gasteiger partial charge in [-0.1, -0.05) is 29.8 Å². The fourth-order valence-electron chi connectivity index (χ4n) is 2.57. The highest BCUT2D eigenvalue weighted by Crippen LogP contribution is 2.43. The Morgan fingerprint density at radius 1 is 1.35 bits per heavy atom. The molecule has 1 aliphatic rings. The molecule has 0 heterocycles. The molecule has 0 bridgehead atoms. The maximum atomic E-state index is 5.94. The van der Waals surface area contributed by atoms with E-state index >= 15 is 0 Å². The highest BCUT2D eigenvalue weighted by Gasteiger charge is 2.44. The number of benzene rings is 1. The minimum atomic E-state index is 0.128. The number of hydrogen-bond acceptors (Lipinski definition) is 2. The maximum Gasteiger partial charge on any atom is 0.0501 e. The molecule has 1 aromatic rings. The third kappa shape index (κ3) is 2.83. The average Bonchev–Trinajstić information content (AvgIpc) is 2.25. The minimum Gasteiger partial charge on any atom is -0.378 e. The molecule has 1 saturated carbocycles. The van der Waals surface area contributed by atoms with Crippen LogP contribution < -0.4 is 11.1 Å². The van der Waals surface area contributed by atoms with Gasteiger partial charge in [-0.25, -0.2) is 0 Å². The smallest absolute Gasteiger partial charge is 0.0501 e. The van der Waals surface area contributed by atoms with E-state index in [1.807, 2.05) is 0 Å². The van der Waals surface area contributed by atoms with Crippen LogP contribution >= 0.6 is 15.9 Å². The van der Waals surface area contributed by atoms with Gasteiger partial charge in [-0.3, -0.25) is 0 Å². The van der Waals surface area contributed by atoms with Gasteiger partial charge in [0.2, 0.25) is 0 Å². The summed E-state index contributed by atoms with van der Waals surface area (Å²) < 4.78 is 1.11. The van der Waals surface area contributed by atoms with Gasteiger partial charge < -0.3 is 11.1 Å². The van der Waals surface area contributed by atoms with Crippen LogP contribution in [0.3, 0.4) is 0 Å². The molecule has 2 nitrogen and oxygen atoms in total. The standard InChI is InChI=1S/C14H21BrN2/c1-10(2)11-7-14(8-11,9-16)17-13-5-3-12(15)4-6-13/h3-6,10-11,17H,7-9,16H2,1-2H3. The topological polar surface area (TPSA) is 38.0 Å². The molecule has 0 amide bonds. The summed E-state index contributed by atoms with van der Waals surface area (Å²) in [5.41, 5.74) is 7.23. The molecule has 17 heavy (non-hydrogen) atoms. The van der Waals surface area contributed by atoms with E-state index in [9.17, 15) is 0 Å². The number of rotatable bonds is 4. The second-order valence-corrected chi connectivity index (χ2v) is 6.44. The molecule has 2 rings (SSSR count). The molecule has 0 aliphatic heterocycles. The number of nitrogens with two attached hydrogens (primary N) is 1. The van der Waals surface area contributed by atoms with Crippen molar-refractivity contribution in [1.29, 1.82) is 0 Å². The lowest BCUT2D eigenvalue weighted by Gasteiger charge is -2.50. The van der Waals surface area contributed by atoms with Crippen LogP contribution in [0.1, 0.15) is 26.7 Å². The van der Waals surface area contributed by atoms with Crippen LogP contribution in [0.25, 0.3) is 0 Å². The summed E-state index contributed by atoms with van der Waals surface area (Å²) in [7, 11) is 0. The number of anilines is 1. The molecule has 0 saturated heterocycles. The zero-order valence-corrected chi connectivity index (χ0v) is 12.1. The summed E-state index contributed by atoms with van der Waals surface area (Å²) in [6.07, 6.45) is 2.38. The molecule has 94 valence electrons. The maximum absolute atomic E-state index is 5.94. The Morgan fingerprint density at radius 3 is 2.41 bits per heavy atom. The normalized spacial score (nSPS) is 27.9. The number of hydrogen-bond donors (Lipinski definition) is 2. The molecule has 3 heteroatoms. The van der Waals surface area contributed by atoms with E-state index in [-0.39, 0.29) is 5.54 Å². The first-order chi connectivity index (χ1) is 8.04. The highest BCUT2D eigenvalue weighted by atomic mass is 79.9. The van der Waals surface area contributed by atoms with Crippen molar-refractivity contribution in [1.82, 2.24) is 0 Å².